The third kappa shape index (κ3) is 10.5. The molecule has 1 amide bonds. The Morgan fingerprint density at radius 1 is 0.881 bits per heavy atom. The van der Waals surface area contributed by atoms with Crippen LogP contribution in [0.5, 0.6) is 11.8 Å². The molecule has 0 radical (unpaired) electrons. The van der Waals surface area contributed by atoms with Crippen LogP contribution >= 0.6 is 0 Å². The molecular formula is C46H48F2N8O9S2. The van der Waals surface area contributed by atoms with Crippen molar-refractivity contribution < 1.29 is 49.5 Å². The van der Waals surface area contributed by atoms with Crippen molar-refractivity contribution in [1.29, 1.82) is 0 Å². The van der Waals surface area contributed by atoms with Crippen molar-refractivity contribution in [2.45, 2.75) is 101 Å². The number of carbonyl (C=O) groups excluding carboxylic acids is 3. The van der Waals surface area contributed by atoms with E-state index < -0.39 is 58.7 Å². The van der Waals surface area contributed by atoms with Gasteiger partial charge in [-0.1, -0.05) is 24.3 Å². The van der Waals surface area contributed by atoms with E-state index in [1.54, 1.807) is 46.2 Å². The summed E-state index contributed by atoms with van der Waals surface area (Å²) in [6.07, 6.45) is 11.5. The Labute approximate surface area is 385 Å². The maximum Gasteiger partial charge on any atom is 0.373 e. The molecular weight excluding hydrogens is 911 g/mol. The molecule has 4 aromatic heterocycles. The lowest BCUT2D eigenvalue weighted by molar-refractivity contribution is -0.191. The smallest absolute Gasteiger partial charge is 0.373 e. The first-order chi connectivity index (χ1) is 31.6. The fourth-order valence-electron chi connectivity index (χ4n) is 8.39. The van der Waals surface area contributed by atoms with Gasteiger partial charge in [-0.25, -0.2) is 37.0 Å². The number of primary sulfonamides is 1. The second kappa shape index (κ2) is 18.9. The molecule has 1 aliphatic heterocycles. The number of ether oxygens (including phenoxy) is 2. The number of nitrogens with two attached hydrogens (primary N) is 1. The van der Waals surface area contributed by atoms with Gasteiger partial charge in [-0.05, 0) is 141 Å². The first-order valence-corrected chi connectivity index (χ1v) is 24.2. The number of aromatic nitrogens is 6. The lowest BCUT2D eigenvalue weighted by Gasteiger charge is -2.25. The van der Waals surface area contributed by atoms with Gasteiger partial charge in [0, 0.05) is 24.5 Å². The topological polar surface area (TPSA) is 237 Å². The van der Waals surface area contributed by atoms with Crippen molar-refractivity contribution in [3.63, 3.8) is 0 Å². The minimum Gasteiger partial charge on any atom is -0.475 e. The average molecular weight is 959 g/mol. The Kier molecular flexibility index (Phi) is 13.6. The van der Waals surface area contributed by atoms with Gasteiger partial charge < -0.3 is 9.47 Å². The van der Waals surface area contributed by atoms with E-state index in [0.717, 1.165) is 83.4 Å². The van der Waals surface area contributed by atoms with Gasteiger partial charge >= 0.3 is 6.15 Å². The van der Waals surface area contributed by atoms with Crippen molar-refractivity contribution in [3.05, 3.63) is 118 Å². The minimum atomic E-state index is -4.50. The standard InChI is InChI=1S/C23H23FN4O4S.C22H25FN4O3S.CO2/c1-23(2)13-32-21-10-15(8-9-25-21)17-7-6-14-4-3-5-16(14)18(17)11-20(29)27-33(30,31)22-19(24)12-28(23)26-22;1-14-17-6-4-5-15(17)7-8-18(14)16-9-10-25-20(11-16)30-13-22(2,3)27-12-19(23)21(26-27)31(24,28)29;2-1-3/h6-10,12H,3-5,11,13H2,1-2H3,(H,27,29);7-12H,4-6,13H2,1-3H3,(H2,24,28,29);. The van der Waals surface area contributed by atoms with Crippen LogP contribution in [0.1, 0.15) is 73.9 Å². The van der Waals surface area contributed by atoms with E-state index in [1.807, 2.05) is 29.0 Å². The third-order valence-electron chi connectivity index (χ3n) is 11.8. The van der Waals surface area contributed by atoms with Gasteiger partial charge in [0.2, 0.25) is 27.7 Å². The van der Waals surface area contributed by atoms with E-state index >= 15 is 0 Å². The molecule has 9 rings (SSSR count). The normalized spacial score (nSPS) is 15.9. The molecule has 3 N–H and O–H groups in total. The highest BCUT2D eigenvalue weighted by Gasteiger charge is 2.33. The monoisotopic (exact) mass is 958 g/mol. The van der Waals surface area contributed by atoms with Gasteiger partial charge in [-0.15, -0.1) is 0 Å². The van der Waals surface area contributed by atoms with Crippen molar-refractivity contribution >= 4 is 32.1 Å². The lowest BCUT2D eigenvalue weighted by atomic mass is 9.91. The summed E-state index contributed by atoms with van der Waals surface area (Å²) in [7, 11) is -8.74. The van der Waals surface area contributed by atoms with Gasteiger partial charge in [-0.3, -0.25) is 14.2 Å². The Morgan fingerprint density at radius 2 is 1.51 bits per heavy atom. The van der Waals surface area contributed by atoms with Gasteiger partial charge in [0.25, 0.3) is 20.0 Å². The first-order valence-electron chi connectivity index (χ1n) is 21.1. The Morgan fingerprint density at radius 3 is 2.18 bits per heavy atom. The predicted octanol–water partition coefficient (Wildman–Crippen LogP) is 5.51. The molecule has 2 aliphatic carbocycles. The molecule has 4 bridgehead atoms. The number of fused-ring (bicyclic) bond motifs is 9. The molecule has 3 aliphatic rings. The second-order valence-corrected chi connectivity index (χ2v) is 20.6. The molecule has 5 heterocycles. The highest BCUT2D eigenvalue weighted by atomic mass is 32.2. The van der Waals surface area contributed by atoms with Gasteiger partial charge in [0.15, 0.2) is 11.6 Å². The van der Waals surface area contributed by atoms with Gasteiger partial charge in [-0.2, -0.15) is 28.2 Å². The fraction of sp³-hybridized carbons (Fsp3) is 0.348. The van der Waals surface area contributed by atoms with Crippen LogP contribution in [0.25, 0.3) is 22.3 Å². The van der Waals surface area contributed by atoms with Crippen LogP contribution in [0.4, 0.5) is 8.78 Å². The zero-order valence-corrected chi connectivity index (χ0v) is 38.9. The molecule has 0 atom stereocenters. The summed E-state index contributed by atoms with van der Waals surface area (Å²) in [5.41, 5.74) is 9.18. The highest BCUT2D eigenvalue weighted by molar-refractivity contribution is 7.90. The Hall–Kier alpha value is -6.67. The summed E-state index contributed by atoms with van der Waals surface area (Å²) in [6, 6.07) is 15.8. The number of amides is 1. The van der Waals surface area contributed by atoms with E-state index in [1.165, 1.54) is 32.5 Å². The van der Waals surface area contributed by atoms with E-state index in [0.29, 0.717) is 11.8 Å². The van der Waals surface area contributed by atoms with Crippen LogP contribution in [0.3, 0.4) is 0 Å². The van der Waals surface area contributed by atoms with Crippen LogP contribution in [0.15, 0.2) is 83.4 Å². The number of carbonyl (C=O) groups is 1. The van der Waals surface area contributed by atoms with Crippen LogP contribution in [-0.2, 0) is 77.6 Å². The number of rotatable bonds is 6. The lowest BCUT2D eigenvalue weighted by Crippen LogP contribution is -2.35. The summed E-state index contributed by atoms with van der Waals surface area (Å²) in [5.74, 6) is -2.00. The van der Waals surface area contributed by atoms with E-state index in [9.17, 15) is 30.4 Å². The minimum absolute atomic E-state index is 0.0630. The van der Waals surface area contributed by atoms with Crippen LogP contribution in [-0.4, -0.2) is 71.6 Å². The Bertz CT molecular complexity index is 3150. The maximum atomic E-state index is 14.6. The molecule has 352 valence electrons. The van der Waals surface area contributed by atoms with Crippen LogP contribution in [0, 0.1) is 18.6 Å². The molecule has 0 spiro atoms. The number of hydrogen-bond acceptors (Lipinski definition) is 13. The average Bonchev–Trinajstić information content (AvgIpc) is 4.10. The zero-order chi connectivity index (χ0) is 48.5. The van der Waals surface area contributed by atoms with E-state index in [-0.39, 0.29) is 25.8 Å². The molecule has 2 aromatic carbocycles. The fourth-order valence-corrected chi connectivity index (χ4v) is 9.89. The van der Waals surface area contributed by atoms with Crippen molar-refractivity contribution in [3.8, 4) is 34.0 Å². The Balaban J connectivity index is 0.000000188. The number of nitrogens with one attached hydrogen (secondary N) is 1. The highest BCUT2D eigenvalue weighted by Crippen LogP contribution is 2.36. The van der Waals surface area contributed by atoms with Crippen molar-refractivity contribution in [2.75, 3.05) is 13.2 Å². The largest absolute Gasteiger partial charge is 0.475 e. The quantitative estimate of drug-likeness (QED) is 0.210. The number of hydrogen-bond donors (Lipinski definition) is 2. The van der Waals surface area contributed by atoms with Gasteiger partial charge in [0.1, 0.15) is 13.2 Å². The number of pyridine rings is 2. The SMILES string of the molecule is CC1(C)COc2cc(ccn2)-c2ccc3c(c2CC(=O)NS(=O)(=O)c2nn1cc2F)CCC3.Cc1c(-c2ccnc(OCC(C)(C)n3cc(F)c(S(N)(=O)=O)n3)c2)ccc2c1CCC2.O=C=O. The van der Waals surface area contributed by atoms with E-state index in [2.05, 4.69) is 45.3 Å². The molecule has 0 saturated heterocycles. The maximum absolute atomic E-state index is 14.6. The number of aryl methyl sites for hydroxylation is 2. The zero-order valence-electron chi connectivity index (χ0n) is 37.3. The summed E-state index contributed by atoms with van der Waals surface area (Å²) in [5, 5.41) is 11.1. The van der Waals surface area contributed by atoms with Crippen LogP contribution in [0.2, 0.25) is 0 Å². The predicted molar refractivity (Wildman–Crippen MR) is 238 cm³/mol. The third-order valence-corrected chi connectivity index (χ3v) is 13.9. The molecule has 0 fully saturated rings. The second-order valence-electron chi connectivity index (χ2n) is 17.6. The van der Waals surface area contributed by atoms with Gasteiger partial charge in [0.05, 0.1) is 29.9 Å². The molecule has 21 heteroatoms. The van der Waals surface area contributed by atoms with Crippen molar-refractivity contribution in [1.82, 2.24) is 34.3 Å². The number of sulfonamides is 2. The summed E-state index contributed by atoms with van der Waals surface area (Å²) in [6.45, 7) is 9.27. The number of nitrogens with zero attached hydrogens (tertiary/aromatic N) is 6. The molecule has 6 aromatic rings. The van der Waals surface area contributed by atoms with E-state index in [4.69, 9.17) is 24.2 Å². The number of benzene rings is 2. The molecule has 67 heavy (non-hydrogen) atoms. The summed E-state index contributed by atoms with van der Waals surface area (Å²) < 4.78 is 93.3. The number of halogens is 2. The molecule has 17 nitrogen and oxygen atoms in total. The van der Waals surface area contributed by atoms with Crippen LogP contribution < -0.4 is 19.3 Å². The summed E-state index contributed by atoms with van der Waals surface area (Å²) >= 11 is 0. The molecule has 0 unspecified atom stereocenters. The van der Waals surface area contributed by atoms with Crippen molar-refractivity contribution in [2.24, 2.45) is 5.14 Å². The summed E-state index contributed by atoms with van der Waals surface area (Å²) in [4.78, 5) is 37.7. The molecule has 0 saturated carbocycles. The first kappa shape index (κ1) is 48.3.